The van der Waals surface area contributed by atoms with Gasteiger partial charge in [-0.1, -0.05) is 23.7 Å². The molecule has 0 fully saturated rings. The lowest BCUT2D eigenvalue weighted by atomic mass is 10.0. The molecule has 1 unspecified atom stereocenters. The fourth-order valence-electron chi connectivity index (χ4n) is 2.22. The fraction of sp³-hybridized carbons (Fsp3) is 0.357. The second-order valence-electron chi connectivity index (χ2n) is 4.45. The summed E-state index contributed by atoms with van der Waals surface area (Å²) in [6, 6.07) is 6.12. The van der Waals surface area contributed by atoms with E-state index in [9.17, 15) is 0 Å². The van der Waals surface area contributed by atoms with E-state index in [0.29, 0.717) is 5.02 Å². The van der Waals surface area contributed by atoms with Gasteiger partial charge in [0.25, 0.3) is 0 Å². The van der Waals surface area contributed by atoms with Gasteiger partial charge in [-0.15, -0.1) is 0 Å². The van der Waals surface area contributed by atoms with Crippen LogP contribution < -0.4 is 10.1 Å². The van der Waals surface area contributed by atoms with Crippen molar-refractivity contribution < 1.29 is 4.74 Å². The van der Waals surface area contributed by atoms with Crippen molar-refractivity contribution in [1.82, 2.24) is 15.1 Å². The molecule has 0 saturated heterocycles. The first kappa shape index (κ1) is 13.9. The molecule has 1 aromatic carbocycles. The molecule has 5 heteroatoms. The molecular formula is C14H18ClN3O. The lowest BCUT2D eigenvalue weighted by molar-refractivity contribution is 0.410. The largest absolute Gasteiger partial charge is 0.496 e. The van der Waals surface area contributed by atoms with E-state index in [-0.39, 0.29) is 6.04 Å². The highest BCUT2D eigenvalue weighted by Gasteiger charge is 2.20. The second kappa shape index (κ2) is 5.63. The van der Waals surface area contributed by atoms with Gasteiger partial charge in [0.2, 0.25) is 0 Å². The predicted molar refractivity (Wildman–Crippen MR) is 76.9 cm³/mol. The summed E-state index contributed by atoms with van der Waals surface area (Å²) in [5.74, 6) is 0.871. The van der Waals surface area contributed by atoms with Crippen LogP contribution in [0.3, 0.4) is 0 Å². The number of methoxy groups -OCH3 is 1. The maximum absolute atomic E-state index is 6.22. The van der Waals surface area contributed by atoms with Crippen LogP contribution in [0.15, 0.2) is 24.4 Å². The summed E-state index contributed by atoms with van der Waals surface area (Å²) in [4.78, 5) is 0. The Bertz CT molecular complexity index is 561. The monoisotopic (exact) mass is 279 g/mol. The highest BCUT2D eigenvalue weighted by Crippen LogP contribution is 2.30. The summed E-state index contributed by atoms with van der Waals surface area (Å²) in [5, 5.41) is 8.11. The van der Waals surface area contributed by atoms with Crippen LogP contribution in [-0.4, -0.2) is 23.9 Å². The van der Waals surface area contributed by atoms with Crippen molar-refractivity contribution in [2.45, 2.75) is 13.0 Å². The number of ether oxygens (including phenoxy) is 1. The summed E-state index contributed by atoms with van der Waals surface area (Å²) in [7, 11) is 5.47. The molecule has 1 aromatic heterocycles. The third-order valence-corrected chi connectivity index (χ3v) is 3.56. The molecule has 0 saturated carbocycles. The van der Waals surface area contributed by atoms with Gasteiger partial charge in [-0.05, 0) is 31.2 Å². The fourth-order valence-corrected chi connectivity index (χ4v) is 2.50. The molecule has 2 rings (SSSR count). The van der Waals surface area contributed by atoms with Crippen molar-refractivity contribution in [1.29, 1.82) is 0 Å². The second-order valence-corrected chi connectivity index (χ2v) is 4.86. The molecule has 0 aliphatic rings. The van der Waals surface area contributed by atoms with Gasteiger partial charge in [-0.3, -0.25) is 4.68 Å². The van der Waals surface area contributed by atoms with Crippen LogP contribution in [0.2, 0.25) is 5.02 Å². The van der Waals surface area contributed by atoms with Crippen LogP contribution in [0.4, 0.5) is 0 Å². The molecular weight excluding hydrogens is 262 g/mol. The van der Waals surface area contributed by atoms with Gasteiger partial charge in [-0.2, -0.15) is 5.10 Å². The number of aromatic nitrogens is 2. The van der Waals surface area contributed by atoms with Crippen LogP contribution in [0.1, 0.15) is 22.9 Å². The number of benzene rings is 1. The number of hydrogen-bond donors (Lipinski definition) is 1. The van der Waals surface area contributed by atoms with E-state index < -0.39 is 0 Å². The number of nitrogens with zero attached hydrogens (tertiary/aromatic N) is 2. The van der Waals surface area contributed by atoms with Gasteiger partial charge in [0.05, 0.1) is 30.1 Å². The van der Waals surface area contributed by atoms with Crippen molar-refractivity contribution in [3.63, 3.8) is 0 Å². The Morgan fingerprint density at radius 1 is 1.42 bits per heavy atom. The van der Waals surface area contributed by atoms with Gasteiger partial charge >= 0.3 is 0 Å². The first-order chi connectivity index (χ1) is 9.08. The van der Waals surface area contributed by atoms with Crippen molar-refractivity contribution in [3.8, 4) is 5.75 Å². The van der Waals surface area contributed by atoms with Crippen LogP contribution in [0.25, 0.3) is 0 Å². The molecule has 102 valence electrons. The van der Waals surface area contributed by atoms with E-state index in [2.05, 4.69) is 16.5 Å². The van der Waals surface area contributed by atoms with Gasteiger partial charge in [-0.25, -0.2) is 0 Å². The third-order valence-electron chi connectivity index (χ3n) is 3.27. The van der Waals surface area contributed by atoms with Crippen LogP contribution in [0.5, 0.6) is 5.75 Å². The molecule has 1 heterocycles. The molecule has 0 radical (unpaired) electrons. The van der Waals surface area contributed by atoms with Gasteiger partial charge in [0, 0.05) is 7.05 Å². The number of hydrogen-bond acceptors (Lipinski definition) is 3. The van der Waals surface area contributed by atoms with Crippen LogP contribution in [0, 0.1) is 6.92 Å². The predicted octanol–water partition coefficient (Wildman–Crippen LogP) is 2.70. The molecule has 1 N–H and O–H groups in total. The topological polar surface area (TPSA) is 39.1 Å². The summed E-state index contributed by atoms with van der Waals surface area (Å²) < 4.78 is 7.16. The Hall–Kier alpha value is -1.52. The van der Waals surface area contributed by atoms with Crippen molar-refractivity contribution in [2.75, 3.05) is 14.2 Å². The zero-order valence-electron chi connectivity index (χ0n) is 11.6. The van der Waals surface area contributed by atoms with E-state index in [0.717, 1.165) is 22.6 Å². The van der Waals surface area contributed by atoms with Crippen LogP contribution in [-0.2, 0) is 7.05 Å². The Morgan fingerprint density at radius 2 is 2.16 bits per heavy atom. The van der Waals surface area contributed by atoms with E-state index in [1.54, 1.807) is 18.0 Å². The molecule has 0 aliphatic carbocycles. The molecule has 0 amide bonds. The Balaban J connectivity index is 2.48. The quantitative estimate of drug-likeness (QED) is 0.935. The molecule has 0 aliphatic heterocycles. The van der Waals surface area contributed by atoms with Crippen LogP contribution >= 0.6 is 11.6 Å². The smallest absolute Gasteiger partial charge is 0.122 e. The lowest BCUT2D eigenvalue weighted by Gasteiger charge is -2.19. The minimum Gasteiger partial charge on any atom is -0.496 e. The average molecular weight is 280 g/mol. The van der Waals surface area contributed by atoms with E-state index >= 15 is 0 Å². The highest BCUT2D eigenvalue weighted by molar-refractivity contribution is 6.31. The molecule has 0 bridgehead atoms. The summed E-state index contributed by atoms with van der Waals surface area (Å²) in [6.07, 6.45) is 1.66. The first-order valence-electron chi connectivity index (χ1n) is 6.07. The first-order valence-corrected chi connectivity index (χ1v) is 6.45. The molecule has 2 aromatic rings. The zero-order chi connectivity index (χ0) is 14.0. The Labute approximate surface area is 118 Å². The summed E-state index contributed by atoms with van der Waals surface area (Å²) in [5.41, 5.74) is 3.14. The lowest BCUT2D eigenvalue weighted by Crippen LogP contribution is -2.21. The Kier molecular flexibility index (Phi) is 4.12. The highest BCUT2D eigenvalue weighted by atomic mass is 35.5. The minimum atomic E-state index is -0.0190. The van der Waals surface area contributed by atoms with Gasteiger partial charge in [0.15, 0.2) is 0 Å². The number of nitrogens with one attached hydrogen (secondary N) is 1. The summed E-state index contributed by atoms with van der Waals surface area (Å²) in [6.45, 7) is 2.02. The van der Waals surface area contributed by atoms with Crippen molar-refractivity contribution >= 4 is 11.6 Å². The number of aryl methyl sites for hydroxylation is 2. The molecule has 4 nitrogen and oxygen atoms in total. The average Bonchev–Trinajstić information content (AvgIpc) is 2.73. The normalized spacial score (nSPS) is 12.5. The Morgan fingerprint density at radius 3 is 2.68 bits per heavy atom. The third kappa shape index (κ3) is 2.60. The maximum Gasteiger partial charge on any atom is 0.122 e. The van der Waals surface area contributed by atoms with Gasteiger partial charge < -0.3 is 10.1 Å². The standard InChI is InChI=1S/C14H18ClN3O/c1-9-5-6-10(7-12(9)19-4)13(16-2)14-11(15)8-17-18(14)3/h5-8,13,16H,1-4H3. The molecule has 1 atom stereocenters. The maximum atomic E-state index is 6.22. The SMILES string of the molecule is CNC(c1ccc(C)c(OC)c1)c1c(Cl)cnn1C. The van der Waals surface area contributed by atoms with Gasteiger partial charge in [0.1, 0.15) is 5.75 Å². The summed E-state index contributed by atoms with van der Waals surface area (Å²) >= 11 is 6.22. The number of halogens is 1. The van der Waals surface area contributed by atoms with E-state index in [1.165, 1.54) is 0 Å². The zero-order valence-corrected chi connectivity index (χ0v) is 12.3. The minimum absolute atomic E-state index is 0.0190. The van der Waals surface area contributed by atoms with Crippen molar-refractivity contribution in [3.05, 3.63) is 46.2 Å². The molecule has 0 spiro atoms. The van der Waals surface area contributed by atoms with E-state index in [1.807, 2.05) is 33.2 Å². The molecule has 19 heavy (non-hydrogen) atoms. The van der Waals surface area contributed by atoms with Crippen molar-refractivity contribution in [2.24, 2.45) is 7.05 Å². The van der Waals surface area contributed by atoms with E-state index in [4.69, 9.17) is 16.3 Å². The number of rotatable bonds is 4.